The monoisotopic (exact) mass is 357 g/mol. The minimum atomic E-state index is -0.303. The fourth-order valence-corrected chi connectivity index (χ4v) is 2.70. The molecule has 2 aromatic rings. The molecular weight excluding hydrogens is 345 g/mol. The van der Waals surface area contributed by atoms with Gasteiger partial charge in [0, 0.05) is 17.5 Å². The molecule has 4 nitrogen and oxygen atoms in total. The van der Waals surface area contributed by atoms with E-state index in [9.17, 15) is 4.39 Å². The van der Waals surface area contributed by atoms with Crippen LogP contribution in [0, 0.1) is 12.7 Å². The lowest BCUT2D eigenvalue weighted by Gasteiger charge is -2.08. The average molecular weight is 358 g/mol. The number of halogens is 2. The zero-order valence-electron chi connectivity index (χ0n) is 10.8. The maximum absolute atomic E-state index is 12.9. The van der Waals surface area contributed by atoms with Crippen molar-refractivity contribution in [2.45, 2.75) is 12.1 Å². The third kappa shape index (κ3) is 4.35. The number of aryl methyl sites for hydroxylation is 1. The highest BCUT2D eigenvalue weighted by Gasteiger charge is 2.04. The minimum Gasteiger partial charge on any atom is -0.492 e. The van der Waals surface area contributed by atoms with Crippen LogP contribution in [0.15, 0.2) is 33.9 Å². The molecular formula is C13H13BrFN3OS. The molecule has 0 fully saturated rings. The Balaban J connectivity index is 1.84. The number of hydrogen-bond donors (Lipinski definition) is 1. The van der Waals surface area contributed by atoms with Gasteiger partial charge in [-0.3, -0.25) is 0 Å². The van der Waals surface area contributed by atoms with Crippen LogP contribution in [-0.2, 0) is 0 Å². The Morgan fingerprint density at radius 2 is 2.15 bits per heavy atom. The molecule has 1 heterocycles. The van der Waals surface area contributed by atoms with Crippen molar-refractivity contribution in [1.29, 1.82) is 0 Å². The second-order valence-corrected chi connectivity index (χ2v) is 5.90. The zero-order valence-corrected chi connectivity index (χ0v) is 13.2. The van der Waals surface area contributed by atoms with Crippen LogP contribution in [-0.4, -0.2) is 22.3 Å². The van der Waals surface area contributed by atoms with Gasteiger partial charge in [0.1, 0.15) is 17.4 Å². The molecule has 0 aliphatic carbocycles. The van der Waals surface area contributed by atoms with E-state index in [4.69, 9.17) is 10.5 Å². The predicted molar refractivity (Wildman–Crippen MR) is 81.5 cm³/mol. The van der Waals surface area contributed by atoms with Crippen LogP contribution in [0.2, 0.25) is 0 Å². The number of anilines is 1. The second-order valence-electron chi connectivity index (χ2n) is 3.99. The largest absolute Gasteiger partial charge is 0.492 e. The number of thioether (sulfide) groups is 1. The van der Waals surface area contributed by atoms with Crippen LogP contribution in [0.25, 0.3) is 0 Å². The summed E-state index contributed by atoms with van der Waals surface area (Å²) in [5.41, 5.74) is 6.49. The first-order valence-corrected chi connectivity index (χ1v) is 7.64. The van der Waals surface area contributed by atoms with Crippen molar-refractivity contribution in [2.75, 3.05) is 18.1 Å². The summed E-state index contributed by atoms with van der Waals surface area (Å²) in [5.74, 6) is 1.44. The van der Waals surface area contributed by atoms with Crippen molar-refractivity contribution in [3.05, 3.63) is 40.2 Å². The van der Waals surface area contributed by atoms with E-state index in [1.165, 1.54) is 23.9 Å². The Kier molecular flexibility index (Phi) is 5.19. The molecule has 2 N–H and O–H groups in total. The van der Waals surface area contributed by atoms with E-state index in [0.29, 0.717) is 33.6 Å². The van der Waals surface area contributed by atoms with Crippen LogP contribution < -0.4 is 10.5 Å². The molecule has 0 saturated heterocycles. The van der Waals surface area contributed by atoms with E-state index in [0.717, 1.165) is 5.69 Å². The second kappa shape index (κ2) is 6.90. The van der Waals surface area contributed by atoms with Gasteiger partial charge in [-0.1, -0.05) is 11.8 Å². The number of benzene rings is 1. The van der Waals surface area contributed by atoms with Crippen LogP contribution in [0.3, 0.4) is 0 Å². The van der Waals surface area contributed by atoms with Gasteiger partial charge in [0.2, 0.25) is 0 Å². The topological polar surface area (TPSA) is 61.0 Å². The summed E-state index contributed by atoms with van der Waals surface area (Å²) in [6, 6.07) is 6.03. The quantitative estimate of drug-likeness (QED) is 0.504. The molecule has 0 aliphatic heterocycles. The molecule has 1 aromatic heterocycles. The molecule has 0 spiro atoms. The molecule has 0 atom stereocenters. The van der Waals surface area contributed by atoms with Gasteiger partial charge in [0.05, 0.1) is 11.1 Å². The van der Waals surface area contributed by atoms with Crippen molar-refractivity contribution >= 4 is 33.5 Å². The summed E-state index contributed by atoms with van der Waals surface area (Å²) < 4.78 is 19.1. The lowest BCUT2D eigenvalue weighted by Crippen LogP contribution is -2.03. The first-order chi connectivity index (χ1) is 9.54. The SMILES string of the molecule is Cc1cc(N)nc(SCCOc2ccc(F)cc2Br)n1. The number of aromatic nitrogens is 2. The number of nitrogen functional groups attached to an aromatic ring is 1. The van der Waals surface area contributed by atoms with Crippen molar-refractivity contribution in [1.82, 2.24) is 9.97 Å². The first kappa shape index (κ1) is 15.1. The Bertz CT molecular complexity index is 592. The summed E-state index contributed by atoms with van der Waals surface area (Å²) in [7, 11) is 0. The smallest absolute Gasteiger partial charge is 0.189 e. The maximum Gasteiger partial charge on any atom is 0.189 e. The fraction of sp³-hybridized carbons (Fsp3) is 0.231. The number of nitrogens with zero attached hydrogens (tertiary/aromatic N) is 2. The minimum absolute atomic E-state index is 0.303. The van der Waals surface area contributed by atoms with E-state index < -0.39 is 0 Å². The molecule has 0 bridgehead atoms. The molecule has 0 unspecified atom stereocenters. The van der Waals surface area contributed by atoms with E-state index in [1.54, 1.807) is 12.1 Å². The van der Waals surface area contributed by atoms with Crippen LogP contribution in [0.1, 0.15) is 5.69 Å². The third-order valence-electron chi connectivity index (χ3n) is 2.32. The van der Waals surface area contributed by atoms with Gasteiger partial charge in [-0.25, -0.2) is 14.4 Å². The summed E-state index contributed by atoms with van der Waals surface area (Å²) in [4.78, 5) is 8.39. The average Bonchev–Trinajstić information content (AvgIpc) is 2.35. The van der Waals surface area contributed by atoms with Gasteiger partial charge in [-0.2, -0.15) is 0 Å². The van der Waals surface area contributed by atoms with Gasteiger partial charge in [0.25, 0.3) is 0 Å². The summed E-state index contributed by atoms with van der Waals surface area (Å²) >= 11 is 4.71. The molecule has 0 aliphatic rings. The van der Waals surface area contributed by atoms with Gasteiger partial charge in [0.15, 0.2) is 5.16 Å². The number of hydrogen-bond acceptors (Lipinski definition) is 5. The van der Waals surface area contributed by atoms with Crippen LogP contribution in [0.5, 0.6) is 5.75 Å². The Morgan fingerprint density at radius 1 is 1.35 bits per heavy atom. The van der Waals surface area contributed by atoms with Crippen LogP contribution in [0.4, 0.5) is 10.2 Å². The molecule has 1 aromatic carbocycles. The molecule has 0 radical (unpaired) electrons. The van der Waals surface area contributed by atoms with Crippen molar-refractivity contribution < 1.29 is 9.13 Å². The predicted octanol–water partition coefficient (Wildman–Crippen LogP) is 3.44. The lowest BCUT2D eigenvalue weighted by atomic mass is 10.3. The molecule has 2 rings (SSSR count). The van der Waals surface area contributed by atoms with Crippen molar-refractivity contribution in [3.8, 4) is 5.75 Å². The van der Waals surface area contributed by atoms with Crippen molar-refractivity contribution in [2.24, 2.45) is 0 Å². The number of rotatable bonds is 5. The maximum atomic E-state index is 12.9. The lowest BCUT2D eigenvalue weighted by molar-refractivity contribution is 0.341. The zero-order chi connectivity index (χ0) is 14.5. The Labute approximate surface area is 129 Å². The van der Waals surface area contributed by atoms with Crippen molar-refractivity contribution in [3.63, 3.8) is 0 Å². The van der Waals surface area contributed by atoms with E-state index >= 15 is 0 Å². The van der Waals surface area contributed by atoms with E-state index in [1.807, 2.05) is 6.92 Å². The van der Waals surface area contributed by atoms with Gasteiger partial charge in [-0.15, -0.1) is 0 Å². The van der Waals surface area contributed by atoms with Gasteiger partial charge in [-0.05, 0) is 41.1 Å². The summed E-state index contributed by atoms with van der Waals surface area (Å²) in [6.07, 6.45) is 0. The highest BCUT2D eigenvalue weighted by Crippen LogP contribution is 2.25. The molecule has 0 amide bonds. The highest BCUT2D eigenvalue weighted by atomic mass is 79.9. The molecule has 106 valence electrons. The fourth-order valence-electron chi connectivity index (χ4n) is 1.51. The highest BCUT2D eigenvalue weighted by molar-refractivity contribution is 9.10. The van der Waals surface area contributed by atoms with E-state index in [2.05, 4.69) is 25.9 Å². The van der Waals surface area contributed by atoms with Gasteiger partial charge >= 0.3 is 0 Å². The Morgan fingerprint density at radius 3 is 2.85 bits per heavy atom. The number of nitrogens with two attached hydrogens (primary N) is 1. The van der Waals surface area contributed by atoms with Gasteiger partial charge < -0.3 is 10.5 Å². The molecule has 20 heavy (non-hydrogen) atoms. The standard InChI is InChI=1S/C13H13BrFN3OS/c1-8-6-12(16)18-13(17-8)20-5-4-19-11-3-2-9(15)7-10(11)14/h2-3,6-7H,4-5H2,1H3,(H2,16,17,18). The van der Waals surface area contributed by atoms with Crippen LogP contribution >= 0.6 is 27.7 Å². The number of ether oxygens (including phenoxy) is 1. The van der Waals surface area contributed by atoms with E-state index in [-0.39, 0.29) is 5.82 Å². The normalized spacial score (nSPS) is 10.6. The summed E-state index contributed by atoms with van der Waals surface area (Å²) in [5, 5.41) is 0.629. The molecule has 0 saturated carbocycles. The summed E-state index contributed by atoms with van der Waals surface area (Å²) in [6.45, 7) is 2.33. The molecule has 7 heteroatoms. The Hall–Kier alpha value is -1.34. The third-order valence-corrected chi connectivity index (χ3v) is 3.75. The first-order valence-electron chi connectivity index (χ1n) is 5.86.